The largest absolute Gasteiger partial charge is 0.462 e. The minimum atomic E-state index is -0.692. The van der Waals surface area contributed by atoms with E-state index in [1.165, 1.54) is 0 Å². The number of amides is 2. The molecule has 3 heterocycles. The Morgan fingerprint density at radius 3 is 2.71 bits per heavy atom. The van der Waals surface area contributed by atoms with Crippen molar-refractivity contribution in [3.8, 4) is 0 Å². The molecule has 1 fully saturated rings. The lowest BCUT2D eigenvalue weighted by molar-refractivity contribution is -0.124. The van der Waals surface area contributed by atoms with Gasteiger partial charge in [-0.25, -0.2) is 9.78 Å². The summed E-state index contributed by atoms with van der Waals surface area (Å²) in [6.45, 7) is 3.16. The van der Waals surface area contributed by atoms with Gasteiger partial charge in [0.2, 0.25) is 11.9 Å². The third-order valence-corrected chi connectivity index (χ3v) is 6.15. The summed E-state index contributed by atoms with van der Waals surface area (Å²) in [6, 6.07) is 13.4. The summed E-state index contributed by atoms with van der Waals surface area (Å²) in [5.74, 6) is -0.317. The van der Waals surface area contributed by atoms with Crippen LogP contribution >= 0.6 is 0 Å². The molecular weight excluding hydrogens is 436 g/mol. The number of nitrogens with zero attached hydrogens (tertiary/aromatic N) is 3. The van der Waals surface area contributed by atoms with Gasteiger partial charge in [0.25, 0.3) is 5.91 Å². The first-order valence-corrected chi connectivity index (χ1v) is 11.5. The molecule has 1 saturated heterocycles. The van der Waals surface area contributed by atoms with Gasteiger partial charge < -0.3 is 14.8 Å². The highest BCUT2D eigenvalue weighted by Gasteiger charge is 2.42. The van der Waals surface area contributed by atoms with Crippen LogP contribution in [0, 0.1) is 0 Å². The molecule has 2 atom stereocenters. The first-order chi connectivity index (χ1) is 16.5. The van der Waals surface area contributed by atoms with Gasteiger partial charge in [0.05, 0.1) is 42.3 Å². The Morgan fingerprint density at radius 2 is 1.97 bits per heavy atom. The number of carbonyl (C=O) groups is 3. The second-order valence-corrected chi connectivity index (χ2v) is 8.42. The van der Waals surface area contributed by atoms with Gasteiger partial charge in [-0.15, -0.1) is 0 Å². The minimum absolute atomic E-state index is 0.0253. The SMILES string of the molecule is CCOC(=O)c1ccc(NC(=O)C[C@@H]2C(=O)N(C[C@@H]3CCCO3)c3nc4ccccc4n32)cc1. The van der Waals surface area contributed by atoms with Crippen molar-refractivity contribution in [1.29, 1.82) is 0 Å². The van der Waals surface area contributed by atoms with Crippen molar-refractivity contribution < 1.29 is 23.9 Å². The molecule has 0 saturated carbocycles. The first kappa shape index (κ1) is 22.1. The van der Waals surface area contributed by atoms with Crippen LogP contribution in [-0.4, -0.2) is 53.2 Å². The Bertz CT molecular complexity index is 1230. The van der Waals surface area contributed by atoms with E-state index in [0.717, 1.165) is 23.9 Å². The number of esters is 1. The van der Waals surface area contributed by atoms with Crippen LogP contribution < -0.4 is 10.2 Å². The van der Waals surface area contributed by atoms with Crippen LogP contribution in [0.4, 0.5) is 11.6 Å². The summed E-state index contributed by atoms with van der Waals surface area (Å²) in [5.41, 5.74) is 2.54. The normalized spacial score (nSPS) is 19.4. The molecule has 1 aromatic heterocycles. The second kappa shape index (κ2) is 9.26. The predicted molar refractivity (Wildman–Crippen MR) is 126 cm³/mol. The second-order valence-electron chi connectivity index (χ2n) is 8.42. The molecule has 5 rings (SSSR count). The maximum absolute atomic E-state index is 13.4. The van der Waals surface area contributed by atoms with E-state index in [4.69, 9.17) is 9.47 Å². The van der Waals surface area contributed by atoms with Crippen molar-refractivity contribution in [1.82, 2.24) is 9.55 Å². The van der Waals surface area contributed by atoms with E-state index in [1.54, 1.807) is 36.1 Å². The van der Waals surface area contributed by atoms with E-state index in [1.807, 2.05) is 28.8 Å². The molecule has 0 radical (unpaired) electrons. The molecule has 0 bridgehead atoms. The van der Waals surface area contributed by atoms with Gasteiger partial charge in [-0.05, 0) is 56.2 Å². The lowest BCUT2D eigenvalue weighted by atomic mass is 10.1. The van der Waals surface area contributed by atoms with E-state index < -0.39 is 12.0 Å². The highest BCUT2D eigenvalue weighted by Crippen LogP contribution is 2.37. The molecular formula is C25H26N4O5. The zero-order valence-corrected chi connectivity index (χ0v) is 18.9. The van der Waals surface area contributed by atoms with Crippen molar-refractivity contribution in [2.75, 3.05) is 30.0 Å². The highest BCUT2D eigenvalue weighted by atomic mass is 16.5. The fourth-order valence-corrected chi connectivity index (χ4v) is 4.55. The van der Waals surface area contributed by atoms with Gasteiger partial charge in [-0.1, -0.05) is 12.1 Å². The average Bonchev–Trinajstić information content (AvgIpc) is 3.54. The van der Waals surface area contributed by atoms with Crippen LogP contribution in [0.25, 0.3) is 11.0 Å². The third-order valence-electron chi connectivity index (χ3n) is 6.15. The number of fused-ring (bicyclic) bond motifs is 3. The fourth-order valence-electron chi connectivity index (χ4n) is 4.55. The number of carbonyl (C=O) groups excluding carboxylic acids is 3. The molecule has 176 valence electrons. The van der Waals surface area contributed by atoms with Crippen LogP contribution in [0.1, 0.15) is 42.6 Å². The van der Waals surface area contributed by atoms with Crippen molar-refractivity contribution in [3.63, 3.8) is 0 Å². The number of imidazole rings is 1. The summed E-state index contributed by atoms with van der Waals surface area (Å²) in [5, 5.41) is 2.83. The van der Waals surface area contributed by atoms with E-state index in [9.17, 15) is 14.4 Å². The summed E-state index contributed by atoms with van der Waals surface area (Å²) in [6.07, 6.45) is 1.82. The number of nitrogens with one attached hydrogen (secondary N) is 1. The van der Waals surface area contributed by atoms with E-state index in [0.29, 0.717) is 37.0 Å². The number of rotatable bonds is 7. The molecule has 2 aromatic carbocycles. The van der Waals surface area contributed by atoms with Crippen molar-refractivity contribution in [2.24, 2.45) is 0 Å². The van der Waals surface area contributed by atoms with E-state index >= 15 is 0 Å². The molecule has 9 nitrogen and oxygen atoms in total. The van der Waals surface area contributed by atoms with Crippen molar-refractivity contribution >= 4 is 40.5 Å². The zero-order chi connectivity index (χ0) is 23.7. The van der Waals surface area contributed by atoms with Crippen LogP contribution in [0.3, 0.4) is 0 Å². The highest BCUT2D eigenvalue weighted by molar-refractivity contribution is 6.05. The Morgan fingerprint density at radius 1 is 1.18 bits per heavy atom. The van der Waals surface area contributed by atoms with Crippen LogP contribution in [0.2, 0.25) is 0 Å². The molecule has 2 aliphatic rings. The summed E-state index contributed by atoms with van der Waals surface area (Å²) in [7, 11) is 0. The quantitative estimate of drug-likeness (QED) is 0.541. The number of para-hydroxylation sites is 2. The zero-order valence-electron chi connectivity index (χ0n) is 18.9. The monoisotopic (exact) mass is 462 g/mol. The smallest absolute Gasteiger partial charge is 0.338 e. The van der Waals surface area contributed by atoms with Crippen LogP contribution in [0.5, 0.6) is 0 Å². The Labute approximate surface area is 196 Å². The topological polar surface area (TPSA) is 103 Å². The molecule has 2 amide bonds. The van der Waals surface area contributed by atoms with E-state index in [-0.39, 0.29) is 24.3 Å². The van der Waals surface area contributed by atoms with Gasteiger partial charge in [-0.2, -0.15) is 0 Å². The Balaban J connectivity index is 1.35. The number of hydrogen-bond donors (Lipinski definition) is 1. The third kappa shape index (κ3) is 4.14. The molecule has 0 unspecified atom stereocenters. The number of ether oxygens (including phenoxy) is 2. The Hall–Kier alpha value is -3.72. The summed E-state index contributed by atoms with van der Waals surface area (Å²) in [4.78, 5) is 44.5. The van der Waals surface area contributed by atoms with Gasteiger partial charge in [0, 0.05) is 12.3 Å². The minimum Gasteiger partial charge on any atom is -0.462 e. The lowest BCUT2D eigenvalue weighted by Gasteiger charge is -2.19. The van der Waals surface area contributed by atoms with Crippen molar-refractivity contribution in [2.45, 2.75) is 38.3 Å². The summed E-state index contributed by atoms with van der Waals surface area (Å²) < 4.78 is 12.6. The number of aromatic nitrogens is 2. The predicted octanol–water partition coefficient (Wildman–Crippen LogP) is 3.31. The molecule has 1 N–H and O–H groups in total. The number of hydrogen-bond acceptors (Lipinski definition) is 6. The standard InChI is InChI=1S/C25H26N4O5/c1-2-33-24(32)16-9-11-17(12-10-16)26-22(30)14-21-23(31)28(15-18-6-5-13-34-18)25-27-19-7-3-4-8-20(19)29(21)25/h3-4,7-12,18,21H,2,5-6,13-15H2,1H3,(H,26,30)/t18-,21+/m0/s1. The van der Waals surface area contributed by atoms with Gasteiger partial charge in [-0.3, -0.25) is 19.1 Å². The van der Waals surface area contributed by atoms with Gasteiger partial charge >= 0.3 is 5.97 Å². The molecule has 0 spiro atoms. The molecule has 0 aliphatic carbocycles. The fraction of sp³-hybridized carbons (Fsp3) is 0.360. The number of benzene rings is 2. The maximum atomic E-state index is 13.4. The van der Waals surface area contributed by atoms with Gasteiger partial charge in [0.15, 0.2) is 0 Å². The van der Waals surface area contributed by atoms with Gasteiger partial charge in [0.1, 0.15) is 6.04 Å². The lowest BCUT2D eigenvalue weighted by Crippen LogP contribution is -2.37. The maximum Gasteiger partial charge on any atom is 0.338 e. The Kier molecular flexibility index (Phi) is 6.02. The van der Waals surface area contributed by atoms with Crippen LogP contribution in [0.15, 0.2) is 48.5 Å². The van der Waals surface area contributed by atoms with Crippen LogP contribution in [-0.2, 0) is 19.1 Å². The molecule has 3 aromatic rings. The van der Waals surface area contributed by atoms with Crippen molar-refractivity contribution in [3.05, 3.63) is 54.1 Å². The number of anilines is 2. The average molecular weight is 463 g/mol. The molecule has 2 aliphatic heterocycles. The summed E-state index contributed by atoms with van der Waals surface area (Å²) >= 11 is 0. The molecule has 34 heavy (non-hydrogen) atoms. The molecule has 9 heteroatoms. The first-order valence-electron chi connectivity index (χ1n) is 11.5. The van der Waals surface area contributed by atoms with E-state index in [2.05, 4.69) is 10.3 Å².